The molecule has 0 spiro atoms. The van der Waals surface area contributed by atoms with E-state index in [2.05, 4.69) is 49.7 Å². The smallest absolute Gasteiger partial charge is 0.172 e. The molecule has 4 rings (SSSR count). The molecule has 0 radical (unpaired) electrons. The van der Waals surface area contributed by atoms with Crippen molar-refractivity contribution in [3.63, 3.8) is 0 Å². The third-order valence-corrected chi connectivity index (χ3v) is 6.40. The van der Waals surface area contributed by atoms with Gasteiger partial charge in [0.15, 0.2) is 5.78 Å². The van der Waals surface area contributed by atoms with Crippen LogP contribution in [-0.4, -0.2) is 22.5 Å². The number of nitrogens with zero attached hydrogens (tertiary/aromatic N) is 1. The number of aliphatic hydroxyl groups is 1. The number of carbonyl (C=O) groups is 1. The van der Waals surface area contributed by atoms with Gasteiger partial charge in [0, 0.05) is 28.6 Å². The normalized spacial score (nSPS) is 10.9. The molecule has 38 heavy (non-hydrogen) atoms. The summed E-state index contributed by atoms with van der Waals surface area (Å²) in [5.41, 5.74) is 2.64. The topological polar surface area (TPSA) is 50.2 Å². The number of fused-ring (bicyclic) bond motifs is 2. The summed E-state index contributed by atoms with van der Waals surface area (Å²) in [5.74, 6) is 1.10. The van der Waals surface area contributed by atoms with Gasteiger partial charge in [0.2, 0.25) is 0 Å². The van der Waals surface area contributed by atoms with Gasteiger partial charge in [-0.15, -0.1) is 11.3 Å². The summed E-state index contributed by atoms with van der Waals surface area (Å²) in [5, 5.41) is 9.22. The standard InChI is InChI=1S/C15H17NOS.C6H5Br.C4H10O.C4H10.2C2H6/c1-2-5-13(17)14-9-11-8-10-6-3-4-7-12(10)16-15(11)18-14;7-6-4-2-1-3-5-6;1-2-3-4-5;1-4(2)3;2*1-2/h8-9H,2-7H2,1H3;1-5H;5H,2-4H2,1H3;4H,1-3H3;2*1-2H3. The minimum atomic E-state index is 0.262. The Morgan fingerprint density at radius 1 is 0.974 bits per heavy atom. The summed E-state index contributed by atoms with van der Waals surface area (Å²) in [6.07, 6.45) is 8.36. The van der Waals surface area contributed by atoms with Gasteiger partial charge >= 0.3 is 0 Å². The number of rotatable bonds is 5. The predicted molar refractivity (Wildman–Crippen MR) is 175 cm³/mol. The molecule has 0 saturated heterocycles. The molecule has 0 atom stereocenters. The van der Waals surface area contributed by atoms with Crippen LogP contribution in [0.4, 0.5) is 0 Å². The second kappa shape index (κ2) is 25.7. The SMILES string of the molecule is Brc1ccccc1.CC.CC.CC(C)C.CCCC(=O)c1cc2cc3c(nc2s1)CCCC3.CCCCO. The molecular weight excluding hydrogens is 554 g/mol. The highest BCUT2D eigenvalue weighted by Gasteiger charge is 2.15. The highest BCUT2D eigenvalue weighted by Crippen LogP contribution is 2.30. The molecule has 1 N–H and O–H groups in total. The summed E-state index contributed by atoms with van der Waals surface area (Å²) in [7, 11) is 0. The Labute approximate surface area is 246 Å². The summed E-state index contributed by atoms with van der Waals surface area (Å²) >= 11 is 4.87. The van der Waals surface area contributed by atoms with Crippen molar-refractivity contribution in [2.45, 2.75) is 114 Å². The van der Waals surface area contributed by atoms with E-state index >= 15 is 0 Å². The van der Waals surface area contributed by atoms with Crippen LogP contribution in [0.1, 0.15) is 122 Å². The number of pyridine rings is 1. The van der Waals surface area contributed by atoms with E-state index in [1.165, 1.54) is 24.1 Å². The van der Waals surface area contributed by atoms with Crippen LogP contribution in [0.25, 0.3) is 10.2 Å². The molecule has 3 nitrogen and oxygen atoms in total. The van der Waals surface area contributed by atoms with Crippen molar-refractivity contribution in [1.82, 2.24) is 4.98 Å². The van der Waals surface area contributed by atoms with Crippen LogP contribution in [-0.2, 0) is 12.8 Å². The number of benzene rings is 1. The van der Waals surface area contributed by atoms with Crippen LogP contribution < -0.4 is 0 Å². The van der Waals surface area contributed by atoms with E-state index < -0.39 is 0 Å². The van der Waals surface area contributed by atoms with E-state index in [1.807, 2.05) is 71.0 Å². The number of aliphatic hydroxyl groups excluding tert-OH is 1. The second-order valence-corrected chi connectivity index (χ2v) is 11.0. The lowest BCUT2D eigenvalue weighted by Gasteiger charge is -2.13. The first-order valence-corrected chi connectivity index (χ1v) is 16.2. The van der Waals surface area contributed by atoms with Crippen molar-refractivity contribution >= 4 is 43.3 Å². The van der Waals surface area contributed by atoms with Crippen LogP contribution >= 0.6 is 27.3 Å². The maximum Gasteiger partial charge on any atom is 0.172 e. The third kappa shape index (κ3) is 17.9. The Balaban J connectivity index is 0. The number of ketones is 1. The van der Waals surface area contributed by atoms with E-state index in [0.717, 1.165) is 57.6 Å². The molecule has 1 aliphatic carbocycles. The fraction of sp³-hybridized carbons (Fsp3) is 0.576. The van der Waals surface area contributed by atoms with Gasteiger partial charge in [-0.25, -0.2) is 4.98 Å². The lowest BCUT2D eigenvalue weighted by Crippen LogP contribution is -2.04. The summed E-state index contributed by atoms with van der Waals surface area (Å²) in [6.45, 7) is 18.9. The van der Waals surface area contributed by atoms with Crippen molar-refractivity contribution in [3.05, 3.63) is 63.1 Å². The van der Waals surface area contributed by atoms with E-state index in [1.54, 1.807) is 11.3 Å². The number of hydrogen-bond acceptors (Lipinski definition) is 4. The van der Waals surface area contributed by atoms with E-state index in [4.69, 9.17) is 10.1 Å². The first-order chi connectivity index (χ1) is 18.3. The lowest BCUT2D eigenvalue weighted by atomic mass is 9.95. The van der Waals surface area contributed by atoms with Crippen LogP contribution in [0.2, 0.25) is 0 Å². The zero-order valence-electron chi connectivity index (χ0n) is 25.6. The maximum absolute atomic E-state index is 11.9. The average molecular weight is 609 g/mol. The number of hydrogen-bond donors (Lipinski definition) is 1. The summed E-state index contributed by atoms with van der Waals surface area (Å²) in [6, 6.07) is 14.2. The van der Waals surface area contributed by atoms with Crippen molar-refractivity contribution in [2.24, 2.45) is 5.92 Å². The zero-order valence-corrected chi connectivity index (χ0v) is 28.0. The molecule has 2 aromatic heterocycles. The number of halogens is 1. The molecule has 0 saturated carbocycles. The van der Waals surface area contributed by atoms with E-state index in [-0.39, 0.29) is 5.78 Å². The molecule has 0 bridgehead atoms. The first-order valence-electron chi connectivity index (χ1n) is 14.6. The fourth-order valence-electron chi connectivity index (χ4n) is 3.15. The number of carbonyl (C=O) groups excluding carboxylic acids is 1. The molecular formula is C33H54BrNO2S. The third-order valence-electron chi connectivity index (χ3n) is 4.78. The van der Waals surface area contributed by atoms with Gasteiger partial charge in [-0.2, -0.15) is 0 Å². The molecule has 0 unspecified atom stereocenters. The monoisotopic (exact) mass is 607 g/mol. The number of aryl methyl sites for hydroxylation is 2. The molecule has 216 valence electrons. The first kappa shape index (κ1) is 38.6. The van der Waals surface area contributed by atoms with Crippen molar-refractivity contribution in [2.75, 3.05) is 6.61 Å². The molecule has 1 aliphatic rings. The number of aromatic nitrogens is 1. The number of unbranched alkanes of at least 4 members (excludes halogenated alkanes) is 1. The fourth-order valence-corrected chi connectivity index (χ4v) is 4.46. The van der Waals surface area contributed by atoms with Crippen LogP contribution in [0.3, 0.4) is 0 Å². The Morgan fingerprint density at radius 3 is 2.00 bits per heavy atom. The van der Waals surface area contributed by atoms with E-state index in [0.29, 0.717) is 13.0 Å². The Bertz CT molecular complexity index is 907. The zero-order chi connectivity index (χ0) is 29.3. The molecule has 0 amide bonds. The Hall–Kier alpha value is -1.56. The van der Waals surface area contributed by atoms with Crippen LogP contribution in [0.5, 0.6) is 0 Å². The minimum absolute atomic E-state index is 0.262. The molecule has 0 fully saturated rings. The van der Waals surface area contributed by atoms with Gasteiger partial charge in [-0.1, -0.05) is 103 Å². The highest BCUT2D eigenvalue weighted by molar-refractivity contribution is 9.10. The minimum Gasteiger partial charge on any atom is -0.396 e. The van der Waals surface area contributed by atoms with Crippen molar-refractivity contribution in [3.8, 4) is 0 Å². The van der Waals surface area contributed by atoms with Gasteiger partial charge in [0.1, 0.15) is 4.83 Å². The lowest BCUT2D eigenvalue weighted by molar-refractivity contribution is 0.0985. The quantitative estimate of drug-likeness (QED) is 0.293. The number of Topliss-reactive ketones (excluding diaryl/α,β-unsaturated/α-hetero) is 1. The van der Waals surface area contributed by atoms with Gasteiger partial charge < -0.3 is 5.11 Å². The predicted octanol–water partition coefficient (Wildman–Crippen LogP) is 11.1. The van der Waals surface area contributed by atoms with Crippen molar-refractivity contribution < 1.29 is 9.90 Å². The molecule has 0 aliphatic heterocycles. The summed E-state index contributed by atoms with van der Waals surface area (Å²) < 4.78 is 1.13. The average Bonchev–Trinajstić information content (AvgIpc) is 3.34. The molecule has 5 heteroatoms. The van der Waals surface area contributed by atoms with Gasteiger partial charge in [0.05, 0.1) is 4.88 Å². The molecule has 3 aromatic rings. The van der Waals surface area contributed by atoms with E-state index in [9.17, 15) is 4.79 Å². The maximum atomic E-state index is 11.9. The largest absolute Gasteiger partial charge is 0.396 e. The number of thiophene rings is 1. The van der Waals surface area contributed by atoms with Gasteiger partial charge in [-0.3, -0.25) is 4.79 Å². The van der Waals surface area contributed by atoms with Gasteiger partial charge in [0.25, 0.3) is 0 Å². The van der Waals surface area contributed by atoms with Crippen molar-refractivity contribution in [1.29, 1.82) is 0 Å². The second-order valence-electron chi connectivity index (χ2n) is 9.08. The summed E-state index contributed by atoms with van der Waals surface area (Å²) in [4.78, 5) is 18.6. The molecule has 1 aromatic carbocycles. The highest BCUT2D eigenvalue weighted by atomic mass is 79.9. The van der Waals surface area contributed by atoms with Crippen LogP contribution in [0.15, 0.2) is 46.9 Å². The van der Waals surface area contributed by atoms with Crippen LogP contribution in [0, 0.1) is 5.92 Å². The van der Waals surface area contributed by atoms with Gasteiger partial charge in [-0.05, 0) is 74.3 Å². The molecule has 2 heterocycles. The Morgan fingerprint density at radius 2 is 1.55 bits per heavy atom. The Kier molecular flexibility index (Phi) is 26.1.